The fourth-order valence-electron chi connectivity index (χ4n) is 2.98. The molecule has 0 radical (unpaired) electrons. The first-order valence-electron chi connectivity index (χ1n) is 10.7. The third-order valence-corrected chi connectivity index (χ3v) is 5.68. The van der Waals surface area contributed by atoms with Gasteiger partial charge in [0, 0.05) is 32.7 Å². The lowest BCUT2D eigenvalue weighted by Crippen LogP contribution is -2.76. The van der Waals surface area contributed by atoms with Gasteiger partial charge < -0.3 is 20.6 Å². The number of hydrogen-bond donors (Lipinski definition) is 4. The van der Waals surface area contributed by atoms with Crippen molar-refractivity contribution in [2.24, 2.45) is 5.92 Å². The topological polar surface area (TPSA) is 72.7 Å². The van der Waals surface area contributed by atoms with E-state index in [0.717, 1.165) is 0 Å². The van der Waals surface area contributed by atoms with Gasteiger partial charge in [0.05, 0.1) is 6.10 Å². The Kier molecular flexibility index (Phi) is 11.8. The van der Waals surface area contributed by atoms with Crippen LogP contribution in [0.3, 0.4) is 0 Å². The molecule has 4 N–H and O–H groups in total. The highest BCUT2D eigenvalue weighted by atomic mass is 19.4. The second-order valence-electron chi connectivity index (χ2n) is 8.87. The Morgan fingerprint density at radius 2 is 0.791 bits per heavy atom. The Bertz CT molecular complexity index is 919. The van der Waals surface area contributed by atoms with Crippen molar-refractivity contribution in [1.82, 2.24) is 5.32 Å². The van der Waals surface area contributed by atoms with Crippen LogP contribution in [0.2, 0.25) is 0 Å². The molecule has 0 aliphatic carbocycles. The first kappa shape index (κ1) is 41.4. The molecular weight excluding hydrogens is 677 g/mol. The van der Waals surface area contributed by atoms with Gasteiger partial charge in [-0.05, 0) is 12.3 Å². The van der Waals surface area contributed by atoms with Gasteiger partial charge in [0.2, 0.25) is 0 Å². The largest absolute Gasteiger partial charge is 0.460 e. The first-order chi connectivity index (χ1) is 18.6. The molecule has 2 atom stereocenters. The van der Waals surface area contributed by atoms with Crippen molar-refractivity contribution >= 4 is 0 Å². The molecule has 0 aromatic rings. The highest BCUT2D eigenvalue weighted by Crippen LogP contribution is 2.66. The summed E-state index contributed by atoms with van der Waals surface area (Å²) in [6.07, 6.45) is -14.4. The fourth-order valence-corrected chi connectivity index (χ4v) is 2.98. The van der Waals surface area contributed by atoms with Crippen molar-refractivity contribution < 1.29 is 108 Å². The molecule has 260 valence electrons. The summed E-state index contributed by atoms with van der Waals surface area (Å²) in [5.41, 5.74) is 0. The van der Waals surface area contributed by atoms with Crippen LogP contribution >= 0.6 is 0 Å². The number of nitrogens with one attached hydrogen (secondary N) is 1. The highest BCUT2D eigenvalue weighted by Gasteiger charge is 2.97. The van der Waals surface area contributed by atoms with Crippen molar-refractivity contribution in [3.8, 4) is 0 Å². The van der Waals surface area contributed by atoms with Gasteiger partial charge in [0.15, 0.2) is 0 Å². The summed E-state index contributed by atoms with van der Waals surface area (Å²) in [5.74, 6) is -78.7. The molecule has 25 heteroatoms. The summed E-state index contributed by atoms with van der Waals surface area (Å²) in [5, 5.41) is 28.8. The Morgan fingerprint density at radius 1 is 0.465 bits per heavy atom. The monoisotopic (exact) mass is 695 g/mol. The van der Waals surface area contributed by atoms with Crippen LogP contribution in [0.4, 0.5) is 92.2 Å². The van der Waals surface area contributed by atoms with E-state index in [4.69, 9.17) is 10.2 Å². The molecule has 2 unspecified atom stereocenters. The van der Waals surface area contributed by atoms with Crippen LogP contribution < -0.4 is 5.32 Å². The summed E-state index contributed by atoms with van der Waals surface area (Å²) < 4.78 is 280. The van der Waals surface area contributed by atoms with Crippen LogP contribution in [-0.2, 0) is 0 Å². The number of halogens is 21. The van der Waals surface area contributed by atoms with Crippen molar-refractivity contribution in [2.75, 3.05) is 26.3 Å². The summed E-state index contributed by atoms with van der Waals surface area (Å²) in [7, 11) is 0. The van der Waals surface area contributed by atoms with Crippen molar-refractivity contribution in [3.63, 3.8) is 0 Å². The standard InChI is InChI=1S/C18H18F21NO3/c19-9(20,3-8(43)5-40-4-7(6-42)1-2-41)10(21,22)11(23,24)12(25,26)13(27,28)14(29,30)15(31,32)16(33,34)17(35,36)18(37,38)39/h7-8,40-43H,1-6H2. The average Bonchev–Trinajstić information content (AvgIpc) is 2.81. The molecule has 0 saturated carbocycles. The number of aliphatic hydroxyl groups is 3. The molecule has 0 heterocycles. The van der Waals surface area contributed by atoms with Crippen molar-refractivity contribution in [3.05, 3.63) is 0 Å². The van der Waals surface area contributed by atoms with Crippen LogP contribution in [0.25, 0.3) is 0 Å². The third-order valence-electron chi connectivity index (χ3n) is 5.68. The molecule has 43 heavy (non-hydrogen) atoms. The molecule has 0 spiro atoms. The van der Waals surface area contributed by atoms with Gasteiger partial charge in [0.25, 0.3) is 0 Å². The molecule has 4 nitrogen and oxygen atoms in total. The van der Waals surface area contributed by atoms with Crippen LogP contribution in [0.5, 0.6) is 0 Å². The van der Waals surface area contributed by atoms with E-state index in [1.165, 1.54) is 0 Å². The number of alkyl halides is 21. The normalized spacial score (nSPS) is 17.3. The quantitative estimate of drug-likeness (QED) is 0.150. The molecule has 0 amide bonds. The minimum absolute atomic E-state index is 0.215. The maximum absolute atomic E-state index is 13.9. The van der Waals surface area contributed by atoms with Crippen molar-refractivity contribution in [2.45, 2.75) is 78.4 Å². The average molecular weight is 695 g/mol. The number of hydrogen-bond acceptors (Lipinski definition) is 4. The minimum Gasteiger partial charge on any atom is -0.396 e. The first-order valence-corrected chi connectivity index (χ1v) is 10.7. The van der Waals surface area contributed by atoms with E-state index in [2.05, 4.69) is 0 Å². The van der Waals surface area contributed by atoms with Crippen LogP contribution in [-0.4, -0.2) is 107 Å². The number of aliphatic hydroxyl groups excluding tert-OH is 3. The van der Waals surface area contributed by atoms with Crippen molar-refractivity contribution in [1.29, 1.82) is 0 Å². The van der Waals surface area contributed by atoms with E-state index >= 15 is 0 Å². The molecule has 0 aliphatic rings. The molecule has 0 aromatic carbocycles. The predicted octanol–water partition coefficient (Wildman–Crippen LogP) is 5.60. The molecule has 0 aliphatic heterocycles. The third kappa shape index (κ3) is 6.53. The lowest BCUT2D eigenvalue weighted by Gasteiger charge is -2.44. The van der Waals surface area contributed by atoms with E-state index in [-0.39, 0.29) is 6.42 Å². The lowest BCUT2D eigenvalue weighted by molar-refractivity contribution is -0.474. The SMILES string of the molecule is OCCC(CO)CNCC(O)CC(F)(F)C(F)(F)C(F)(F)C(F)(F)C(F)(F)C(F)(F)C(F)(F)C(F)(F)C(F)(F)C(F)(F)F. The Morgan fingerprint density at radius 3 is 1.09 bits per heavy atom. The Hall–Kier alpha value is -1.63. The van der Waals surface area contributed by atoms with E-state index < -0.39 is 104 Å². The molecule has 0 saturated heterocycles. The van der Waals surface area contributed by atoms with Gasteiger partial charge >= 0.3 is 59.5 Å². The Labute approximate surface area is 224 Å². The maximum atomic E-state index is 13.9. The molecular formula is C18H18F21NO3. The van der Waals surface area contributed by atoms with Gasteiger partial charge in [-0.2, -0.15) is 92.2 Å². The zero-order valence-corrected chi connectivity index (χ0v) is 20.2. The zero-order valence-electron chi connectivity index (χ0n) is 20.2. The van der Waals surface area contributed by atoms with Gasteiger partial charge in [-0.1, -0.05) is 0 Å². The van der Waals surface area contributed by atoms with E-state index in [1.54, 1.807) is 0 Å². The molecule has 0 fully saturated rings. The summed E-state index contributed by atoms with van der Waals surface area (Å²) in [6, 6.07) is 0. The summed E-state index contributed by atoms with van der Waals surface area (Å²) >= 11 is 0. The Balaban J connectivity index is 6.52. The lowest BCUT2D eigenvalue weighted by atomic mass is 9.85. The second-order valence-corrected chi connectivity index (χ2v) is 8.87. The molecule has 0 rings (SSSR count). The summed E-state index contributed by atoms with van der Waals surface area (Å²) in [4.78, 5) is 0. The minimum atomic E-state index is -9.24. The number of rotatable bonds is 17. The second kappa shape index (κ2) is 12.3. The van der Waals surface area contributed by atoms with Crippen LogP contribution in [0.1, 0.15) is 12.8 Å². The fraction of sp³-hybridized carbons (Fsp3) is 1.00. The predicted molar refractivity (Wildman–Crippen MR) is 96.4 cm³/mol. The molecule has 0 aromatic heterocycles. The zero-order chi connectivity index (χ0) is 35.1. The highest BCUT2D eigenvalue weighted by molar-refractivity contribution is 5.18. The van der Waals surface area contributed by atoms with Gasteiger partial charge in [0.1, 0.15) is 0 Å². The van der Waals surface area contributed by atoms with Crippen LogP contribution in [0.15, 0.2) is 0 Å². The molecule has 0 bridgehead atoms. The smallest absolute Gasteiger partial charge is 0.396 e. The van der Waals surface area contributed by atoms with E-state index in [9.17, 15) is 97.3 Å². The van der Waals surface area contributed by atoms with Gasteiger partial charge in [-0.3, -0.25) is 0 Å². The van der Waals surface area contributed by atoms with Gasteiger partial charge in [-0.25, -0.2) is 0 Å². The summed E-state index contributed by atoms with van der Waals surface area (Å²) in [6.45, 7) is -3.26. The van der Waals surface area contributed by atoms with Crippen LogP contribution in [0, 0.1) is 5.92 Å². The van der Waals surface area contributed by atoms with E-state index in [0.29, 0.717) is 0 Å². The van der Waals surface area contributed by atoms with Gasteiger partial charge in [-0.15, -0.1) is 0 Å². The van der Waals surface area contributed by atoms with E-state index in [1.807, 2.05) is 5.32 Å². The maximum Gasteiger partial charge on any atom is 0.460 e.